The molecular formula is C49H44BrCl2F2N7O6. The second-order valence-corrected chi connectivity index (χ2v) is 18.7. The van der Waals surface area contributed by atoms with Crippen LogP contribution in [0, 0.1) is 31.9 Å². The molecule has 4 bridgehead atoms. The van der Waals surface area contributed by atoms with Gasteiger partial charge in [0.2, 0.25) is 11.8 Å². The van der Waals surface area contributed by atoms with E-state index < -0.39 is 9.85 Å². The van der Waals surface area contributed by atoms with Crippen molar-refractivity contribution in [1.29, 1.82) is 0 Å². The van der Waals surface area contributed by atoms with Gasteiger partial charge in [0.1, 0.15) is 11.6 Å². The summed E-state index contributed by atoms with van der Waals surface area (Å²) < 4.78 is 26.9. The van der Waals surface area contributed by atoms with Gasteiger partial charge in [-0.25, -0.2) is 8.78 Å². The number of nitrogens with zero attached hydrogens (tertiary/aromatic N) is 7. The lowest BCUT2D eigenvalue weighted by Crippen LogP contribution is -2.55. The summed E-state index contributed by atoms with van der Waals surface area (Å²) in [6.45, 7) is 4.40. The Morgan fingerprint density at radius 2 is 1.10 bits per heavy atom. The van der Waals surface area contributed by atoms with Gasteiger partial charge in [-0.3, -0.25) is 44.6 Å². The number of rotatable bonds is 11. The van der Waals surface area contributed by atoms with E-state index in [0.717, 1.165) is 75.1 Å². The molecule has 0 spiro atoms. The van der Waals surface area contributed by atoms with Crippen molar-refractivity contribution < 1.29 is 28.2 Å². The number of benzene rings is 4. The predicted octanol–water partition coefficient (Wildman–Crippen LogP) is 10.4. The topological polar surface area (TPSA) is 146 Å². The van der Waals surface area contributed by atoms with Gasteiger partial charge in [0.05, 0.1) is 31.0 Å². The number of aromatic nitrogens is 1. The normalized spacial score (nSPS) is 20.3. The SMILES string of the molecule is O=C(/C=C/c1cc(-c2cccnc2)c(Cl)cc1[N+](=O)[O-])N1C2CCC1CN(Cc1ccc(F)cc1)C2.O=C(/C=C/c1cc(Br)c(Cl)cc1[N+](=O)[O-])N1C2CCC1CN(Cc1ccc(F)cc1)C2. The minimum Gasteiger partial charge on any atom is -0.331 e. The third-order valence-corrected chi connectivity index (χ3v) is 14.1. The van der Waals surface area contributed by atoms with E-state index in [9.17, 15) is 38.6 Å². The Labute approximate surface area is 403 Å². The summed E-state index contributed by atoms with van der Waals surface area (Å²) in [4.78, 5) is 60.6. The lowest BCUT2D eigenvalue weighted by Gasteiger charge is -2.40. The molecule has 4 aromatic carbocycles. The number of carbonyl (C=O) groups excluding carboxylic acids is 2. The first-order valence-corrected chi connectivity index (χ1v) is 23.2. The molecule has 4 aliphatic heterocycles. The molecule has 1 aromatic heterocycles. The second-order valence-electron chi connectivity index (χ2n) is 17.0. The van der Waals surface area contributed by atoms with Crippen LogP contribution in [0.3, 0.4) is 0 Å². The highest BCUT2D eigenvalue weighted by Crippen LogP contribution is 2.37. The molecule has 0 radical (unpaired) electrons. The molecule has 5 heterocycles. The fourth-order valence-corrected chi connectivity index (χ4v) is 10.4. The third-order valence-electron chi connectivity index (χ3n) is 12.6. The van der Waals surface area contributed by atoms with Gasteiger partial charge in [0.25, 0.3) is 11.4 Å². The molecule has 67 heavy (non-hydrogen) atoms. The van der Waals surface area contributed by atoms with E-state index in [1.54, 1.807) is 54.9 Å². The van der Waals surface area contributed by atoms with Crippen molar-refractivity contribution >= 4 is 74.5 Å². The zero-order chi connectivity index (χ0) is 47.4. The molecule has 5 aromatic rings. The number of amides is 2. The largest absolute Gasteiger partial charge is 0.331 e. The Kier molecular flexibility index (Phi) is 14.9. The number of likely N-dealkylation sites (tertiary alicyclic amines) is 2. The van der Waals surface area contributed by atoms with Gasteiger partial charge in [-0.15, -0.1) is 0 Å². The Bertz CT molecular complexity index is 2710. The number of hydrogen-bond acceptors (Lipinski definition) is 9. The van der Waals surface area contributed by atoms with Crippen molar-refractivity contribution in [3.05, 3.63) is 178 Å². The minimum atomic E-state index is -0.514. The second kappa shape index (κ2) is 20.9. The van der Waals surface area contributed by atoms with E-state index >= 15 is 0 Å². The van der Waals surface area contributed by atoms with E-state index in [0.29, 0.717) is 27.7 Å². The Balaban J connectivity index is 0.000000184. The van der Waals surface area contributed by atoms with Gasteiger partial charge in [-0.2, -0.15) is 0 Å². The van der Waals surface area contributed by atoms with E-state index in [1.807, 2.05) is 15.9 Å². The zero-order valence-electron chi connectivity index (χ0n) is 35.9. The lowest BCUT2D eigenvalue weighted by atomic mass is 10.0. The van der Waals surface area contributed by atoms with Crippen LogP contribution < -0.4 is 0 Å². The molecule has 9 rings (SSSR count). The number of nitro benzene ring substituents is 2. The van der Waals surface area contributed by atoms with Crippen LogP contribution in [-0.2, 0) is 22.7 Å². The van der Waals surface area contributed by atoms with Crippen molar-refractivity contribution in [3.8, 4) is 11.1 Å². The molecule has 0 saturated carbocycles. The molecule has 346 valence electrons. The molecule has 4 unspecified atom stereocenters. The summed E-state index contributed by atoms with van der Waals surface area (Å²) in [7, 11) is 0. The molecule has 4 atom stereocenters. The summed E-state index contributed by atoms with van der Waals surface area (Å²) in [5.41, 5.74) is 3.73. The standard InChI is InChI=1S/C27H24ClFN4O3.C22H20BrClFN3O3/c28-25-13-26(33(35)36)19(12-24(25)20-2-1-11-30-14-20)5-10-27(34)32-22-8-9-23(32)17-31(16-22)15-18-3-6-21(29)7-4-18;23-19-9-15(21(28(30)31)10-20(19)24)3-8-22(29)27-17-6-7-18(27)13-26(12-17)11-14-1-4-16(25)5-2-14/h1-7,10-14,22-23H,8-9,15-17H2;1-5,8-10,17-18H,6-7,11-13H2/b10-5+;8-3+. The number of fused-ring (bicyclic) bond motifs is 4. The highest BCUT2D eigenvalue weighted by molar-refractivity contribution is 9.10. The molecule has 4 fully saturated rings. The predicted molar refractivity (Wildman–Crippen MR) is 256 cm³/mol. The Morgan fingerprint density at radius 3 is 1.52 bits per heavy atom. The lowest BCUT2D eigenvalue weighted by molar-refractivity contribution is -0.385. The fourth-order valence-electron chi connectivity index (χ4n) is 9.61. The maximum absolute atomic E-state index is 13.2. The van der Waals surface area contributed by atoms with Gasteiger partial charge in [0.15, 0.2) is 0 Å². The molecule has 18 heteroatoms. The fraction of sp³-hybridized carbons (Fsp3) is 0.286. The highest BCUT2D eigenvalue weighted by atomic mass is 79.9. The maximum atomic E-state index is 13.2. The first kappa shape index (κ1) is 47.6. The average Bonchev–Trinajstić information content (AvgIpc) is 3.75. The number of piperazine rings is 2. The van der Waals surface area contributed by atoms with Gasteiger partial charge in [-0.05, 0) is 107 Å². The molecule has 4 aliphatic rings. The molecule has 4 saturated heterocycles. The van der Waals surface area contributed by atoms with Crippen LogP contribution in [0.25, 0.3) is 23.3 Å². The van der Waals surface area contributed by atoms with E-state index in [4.69, 9.17) is 23.2 Å². The van der Waals surface area contributed by atoms with Crippen LogP contribution in [0.5, 0.6) is 0 Å². The van der Waals surface area contributed by atoms with Crippen LogP contribution in [0.2, 0.25) is 10.0 Å². The molecular weight excluding hydrogens is 971 g/mol. The van der Waals surface area contributed by atoms with Crippen molar-refractivity contribution in [1.82, 2.24) is 24.6 Å². The van der Waals surface area contributed by atoms with Gasteiger partial charge >= 0.3 is 0 Å². The van der Waals surface area contributed by atoms with Gasteiger partial charge in [-0.1, -0.05) is 53.5 Å². The monoisotopic (exact) mass is 1010 g/mol. The van der Waals surface area contributed by atoms with Crippen LogP contribution in [-0.4, -0.2) is 96.6 Å². The Hall–Kier alpha value is -5.91. The van der Waals surface area contributed by atoms with Crippen LogP contribution in [0.15, 0.2) is 114 Å². The highest BCUT2D eigenvalue weighted by Gasteiger charge is 2.43. The maximum Gasteiger partial charge on any atom is 0.278 e. The number of halogens is 5. The summed E-state index contributed by atoms with van der Waals surface area (Å²) in [5, 5.41) is 23.5. The minimum absolute atomic E-state index is 0.0764. The van der Waals surface area contributed by atoms with E-state index in [2.05, 4.69) is 30.7 Å². The molecule has 0 aliphatic carbocycles. The first-order chi connectivity index (χ1) is 32.2. The zero-order valence-corrected chi connectivity index (χ0v) is 39.0. The van der Waals surface area contributed by atoms with Crippen LogP contribution in [0.1, 0.15) is 47.9 Å². The first-order valence-electron chi connectivity index (χ1n) is 21.7. The van der Waals surface area contributed by atoms with Crippen molar-refractivity contribution in [3.63, 3.8) is 0 Å². The molecule has 2 amide bonds. The summed E-state index contributed by atoms with van der Waals surface area (Å²) >= 11 is 15.6. The quantitative estimate of drug-likeness (QED) is 0.0717. The summed E-state index contributed by atoms with van der Waals surface area (Å²) in [6, 6.07) is 22.7. The molecule has 13 nitrogen and oxygen atoms in total. The number of nitro groups is 2. The number of pyridine rings is 1. The third kappa shape index (κ3) is 11.3. The van der Waals surface area contributed by atoms with E-state index in [-0.39, 0.29) is 69.0 Å². The summed E-state index contributed by atoms with van der Waals surface area (Å²) in [6.07, 6.45) is 12.8. The number of carbonyl (C=O) groups is 2. The van der Waals surface area contributed by atoms with Crippen molar-refractivity contribution in [2.24, 2.45) is 0 Å². The van der Waals surface area contributed by atoms with Crippen LogP contribution >= 0.6 is 39.1 Å². The van der Waals surface area contributed by atoms with Crippen molar-refractivity contribution in [2.75, 3.05) is 26.2 Å². The summed E-state index contributed by atoms with van der Waals surface area (Å²) in [5.74, 6) is -0.807. The van der Waals surface area contributed by atoms with E-state index in [1.165, 1.54) is 60.7 Å². The Morgan fingerprint density at radius 1 is 0.672 bits per heavy atom. The average molecular weight is 1020 g/mol. The number of hydrogen-bond donors (Lipinski definition) is 0. The van der Waals surface area contributed by atoms with Gasteiger partial charge < -0.3 is 9.80 Å². The van der Waals surface area contributed by atoms with Crippen molar-refractivity contribution in [2.45, 2.75) is 62.9 Å². The van der Waals surface area contributed by atoms with Crippen LogP contribution in [0.4, 0.5) is 20.2 Å². The smallest absolute Gasteiger partial charge is 0.278 e. The molecule has 0 N–H and O–H groups in total. The van der Waals surface area contributed by atoms with Gasteiger partial charge in [0, 0.05) is 116 Å².